The van der Waals surface area contributed by atoms with Crippen molar-refractivity contribution in [1.29, 1.82) is 0 Å². The van der Waals surface area contributed by atoms with Crippen LogP contribution in [0, 0.1) is 6.92 Å². The SMILES string of the molecule is Cc1ccc(NC(=O)COC(=O)CSCc2cccs2)cc1Cl. The molecule has 122 valence electrons. The first kappa shape index (κ1) is 17.8. The zero-order chi connectivity index (χ0) is 16.7. The summed E-state index contributed by atoms with van der Waals surface area (Å²) in [4.78, 5) is 24.5. The maximum atomic E-state index is 11.7. The molecule has 23 heavy (non-hydrogen) atoms. The van der Waals surface area contributed by atoms with Crippen molar-refractivity contribution in [1.82, 2.24) is 0 Å². The van der Waals surface area contributed by atoms with Gasteiger partial charge >= 0.3 is 5.97 Å². The van der Waals surface area contributed by atoms with Crippen LogP contribution >= 0.6 is 34.7 Å². The molecule has 0 atom stereocenters. The summed E-state index contributed by atoms with van der Waals surface area (Å²) in [6.45, 7) is 1.58. The van der Waals surface area contributed by atoms with Crippen LogP contribution in [-0.2, 0) is 20.1 Å². The third-order valence-electron chi connectivity index (χ3n) is 2.86. The third-order valence-corrected chi connectivity index (χ3v) is 5.29. The molecule has 1 aromatic heterocycles. The highest BCUT2D eigenvalue weighted by Gasteiger charge is 2.09. The lowest BCUT2D eigenvalue weighted by Crippen LogP contribution is -2.21. The summed E-state index contributed by atoms with van der Waals surface area (Å²) in [6.07, 6.45) is 0. The highest BCUT2D eigenvalue weighted by Crippen LogP contribution is 2.20. The molecule has 0 saturated heterocycles. The quantitative estimate of drug-likeness (QED) is 0.746. The van der Waals surface area contributed by atoms with Gasteiger partial charge in [-0.25, -0.2) is 0 Å². The van der Waals surface area contributed by atoms with Crippen molar-refractivity contribution in [2.75, 3.05) is 17.7 Å². The van der Waals surface area contributed by atoms with Gasteiger partial charge in [-0.05, 0) is 36.1 Å². The van der Waals surface area contributed by atoms with Crippen LogP contribution in [0.5, 0.6) is 0 Å². The molecular formula is C16H16ClNO3S2. The van der Waals surface area contributed by atoms with Gasteiger partial charge in [-0.3, -0.25) is 9.59 Å². The summed E-state index contributed by atoms with van der Waals surface area (Å²) >= 11 is 9.10. The summed E-state index contributed by atoms with van der Waals surface area (Å²) in [5, 5.41) is 5.21. The molecule has 1 aromatic carbocycles. The first-order chi connectivity index (χ1) is 11.0. The van der Waals surface area contributed by atoms with Gasteiger partial charge in [0, 0.05) is 21.3 Å². The minimum atomic E-state index is -0.399. The Bertz CT molecular complexity index is 674. The van der Waals surface area contributed by atoms with E-state index in [0.29, 0.717) is 10.7 Å². The number of esters is 1. The fourth-order valence-electron chi connectivity index (χ4n) is 1.69. The lowest BCUT2D eigenvalue weighted by atomic mass is 10.2. The first-order valence-electron chi connectivity index (χ1n) is 6.86. The lowest BCUT2D eigenvalue weighted by molar-refractivity contribution is -0.144. The van der Waals surface area contributed by atoms with E-state index in [1.54, 1.807) is 23.5 Å². The van der Waals surface area contributed by atoms with Crippen molar-refractivity contribution in [3.8, 4) is 0 Å². The number of amides is 1. The number of hydrogen-bond acceptors (Lipinski definition) is 5. The molecule has 0 aliphatic rings. The Labute approximate surface area is 148 Å². The van der Waals surface area contributed by atoms with Crippen LogP contribution in [-0.4, -0.2) is 24.2 Å². The number of ether oxygens (including phenoxy) is 1. The van der Waals surface area contributed by atoms with Crippen molar-refractivity contribution in [2.45, 2.75) is 12.7 Å². The monoisotopic (exact) mass is 369 g/mol. The van der Waals surface area contributed by atoms with E-state index in [-0.39, 0.29) is 18.3 Å². The maximum absolute atomic E-state index is 11.7. The summed E-state index contributed by atoms with van der Waals surface area (Å²) in [7, 11) is 0. The van der Waals surface area contributed by atoms with Crippen LogP contribution < -0.4 is 5.32 Å². The summed E-state index contributed by atoms with van der Waals surface area (Å²) < 4.78 is 4.95. The van der Waals surface area contributed by atoms with E-state index in [2.05, 4.69) is 5.32 Å². The van der Waals surface area contributed by atoms with Crippen molar-refractivity contribution in [3.05, 3.63) is 51.2 Å². The molecule has 0 spiro atoms. The Morgan fingerprint density at radius 2 is 2.17 bits per heavy atom. The van der Waals surface area contributed by atoms with Crippen LogP contribution in [0.25, 0.3) is 0 Å². The van der Waals surface area contributed by atoms with Gasteiger partial charge in [0.05, 0.1) is 5.75 Å². The van der Waals surface area contributed by atoms with E-state index >= 15 is 0 Å². The van der Waals surface area contributed by atoms with Crippen molar-refractivity contribution in [2.24, 2.45) is 0 Å². The molecule has 1 amide bonds. The standard InChI is InChI=1S/C16H16ClNO3S2/c1-11-4-5-12(7-14(11)17)18-15(19)8-21-16(20)10-22-9-13-3-2-6-23-13/h2-7H,8-10H2,1H3,(H,18,19). The number of thioether (sulfide) groups is 1. The Balaban J connectivity index is 1.67. The van der Waals surface area contributed by atoms with E-state index in [4.69, 9.17) is 16.3 Å². The molecule has 0 radical (unpaired) electrons. The molecule has 0 bridgehead atoms. The zero-order valence-corrected chi connectivity index (χ0v) is 14.9. The number of halogens is 1. The number of benzene rings is 1. The number of hydrogen-bond donors (Lipinski definition) is 1. The first-order valence-corrected chi connectivity index (χ1v) is 9.27. The van der Waals surface area contributed by atoms with E-state index < -0.39 is 5.97 Å². The average Bonchev–Trinajstić information content (AvgIpc) is 3.02. The normalized spacial score (nSPS) is 10.3. The minimum absolute atomic E-state index is 0.224. The maximum Gasteiger partial charge on any atom is 0.316 e. The van der Waals surface area contributed by atoms with Gasteiger partial charge in [-0.1, -0.05) is 23.7 Å². The number of carbonyl (C=O) groups is 2. The van der Waals surface area contributed by atoms with Crippen LogP contribution in [0.2, 0.25) is 5.02 Å². The fraction of sp³-hybridized carbons (Fsp3) is 0.250. The van der Waals surface area contributed by atoms with Crippen LogP contribution in [0.3, 0.4) is 0 Å². The van der Waals surface area contributed by atoms with Gasteiger partial charge in [0.1, 0.15) is 0 Å². The molecule has 0 unspecified atom stereocenters. The van der Waals surface area contributed by atoms with Gasteiger partial charge in [0.2, 0.25) is 0 Å². The van der Waals surface area contributed by atoms with Crippen LogP contribution in [0.1, 0.15) is 10.4 Å². The topological polar surface area (TPSA) is 55.4 Å². The van der Waals surface area contributed by atoms with E-state index in [9.17, 15) is 9.59 Å². The van der Waals surface area contributed by atoms with Gasteiger partial charge in [0.15, 0.2) is 6.61 Å². The molecule has 0 saturated carbocycles. The summed E-state index contributed by atoms with van der Waals surface area (Å²) in [6, 6.07) is 9.21. The van der Waals surface area contributed by atoms with E-state index in [1.165, 1.54) is 16.6 Å². The number of nitrogens with one attached hydrogen (secondary N) is 1. The number of rotatable bonds is 7. The summed E-state index contributed by atoms with van der Waals surface area (Å²) in [5.74, 6) is 0.202. The summed E-state index contributed by atoms with van der Waals surface area (Å²) in [5.41, 5.74) is 1.51. The second-order valence-corrected chi connectivity index (χ2v) is 7.17. The molecule has 1 N–H and O–H groups in total. The number of anilines is 1. The second-order valence-electron chi connectivity index (χ2n) is 4.74. The number of thiophene rings is 1. The Kier molecular flexibility index (Phi) is 6.95. The molecule has 0 fully saturated rings. The highest BCUT2D eigenvalue weighted by molar-refractivity contribution is 7.99. The molecule has 0 aliphatic carbocycles. The van der Waals surface area contributed by atoms with Gasteiger partial charge in [-0.2, -0.15) is 0 Å². The van der Waals surface area contributed by atoms with Crippen molar-refractivity contribution >= 4 is 52.3 Å². The molecule has 2 rings (SSSR count). The van der Waals surface area contributed by atoms with Crippen LogP contribution in [0.4, 0.5) is 5.69 Å². The smallest absolute Gasteiger partial charge is 0.316 e. The average molecular weight is 370 g/mol. The van der Waals surface area contributed by atoms with E-state index in [1.807, 2.05) is 30.5 Å². The highest BCUT2D eigenvalue weighted by atomic mass is 35.5. The third kappa shape index (κ3) is 6.25. The van der Waals surface area contributed by atoms with E-state index in [0.717, 1.165) is 11.3 Å². The molecule has 1 heterocycles. The minimum Gasteiger partial charge on any atom is -0.455 e. The molecule has 2 aromatic rings. The van der Waals surface area contributed by atoms with Crippen molar-refractivity contribution in [3.63, 3.8) is 0 Å². The Morgan fingerprint density at radius 3 is 2.87 bits per heavy atom. The van der Waals surface area contributed by atoms with Gasteiger partial charge in [0.25, 0.3) is 5.91 Å². The van der Waals surface area contributed by atoms with Gasteiger partial charge < -0.3 is 10.1 Å². The Morgan fingerprint density at radius 1 is 1.35 bits per heavy atom. The molecular weight excluding hydrogens is 354 g/mol. The fourth-order valence-corrected chi connectivity index (χ4v) is 3.53. The van der Waals surface area contributed by atoms with Gasteiger partial charge in [-0.15, -0.1) is 23.1 Å². The number of aryl methyl sites for hydroxylation is 1. The van der Waals surface area contributed by atoms with Crippen molar-refractivity contribution < 1.29 is 14.3 Å². The molecule has 0 aliphatic heterocycles. The zero-order valence-electron chi connectivity index (χ0n) is 12.5. The molecule has 4 nitrogen and oxygen atoms in total. The lowest BCUT2D eigenvalue weighted by Gasteiger charge is -2.07. The predicted molar refractivity (Wildman–Crippen MR) is 96.3 cm³/mol. The largest absolute Gasteiger partial charge is 0.455 e. The Hall–Kier alpha value is -1.50. The molecule has 7 heteroatoms. The number of carbonyl (C=O) groups excluding carboxylic acids is 2. The van der Waals surface area contributed by atoms with Crippen LogP contribution in [0.15, 0.2) is 35.7 Å². The second kappa shape index (κ2) is 8.96. The predicted octanol–water partition coefficient (Wildman–Crippen LogP) is 4.13.